The maximum Gasteiger partial charge on any atom is 0.301 e. The number of hydrogen-bond donors (Lipinski definition) is 1. The van der Waals surface area contributed by atoms with Gasteiger partial charge in [0.2, 0.25) is 0 Å². The maximum absolute atomic E-state index is 12.3. The molecule has 1 fully saturated rings. The number of aryl methyl sites for hydroxylation is 1. The van der Waals surface area contributed by atoms with Gasteiger partial charge in [0.25, 0.3) is 0 Å². The molecule has 5 nitrogen and oxygen atoms in total. The molecule has 0 atom stereocenters. The van der Waals surface area contributed by atoms with E-state index in [1.54, 1.807) is 19.2 Å². The molecule has 0 saturated carbocycles. The van der Waals surface area contributed by atoms with Crippen molar-refractivity contribution in [3.8, 4) is 0 Å². The first-order valence-electron chi connectivity index (χ1n) is 6.29. The lowest BCUT2D eigenvalue weighted by Gasteiger charge is -2.29. The largest absolute Gasteiger partial charge is 0.301 e. The summed E-state index contributed by atoms with van der Waals surface area (Å²) in [7, 11) is -3.55. The first-order chi connectivity index (χ1) is 8.90. The summed E-state index contributed by atoms with van der Waals surface area (Å²) in [5.41, 5.74) is 1.12. The molecule has 106 valence electrons. The topological polar surface area (TPSA) is 62.3 Å². The minimum absolute atomic E-state index is 0.175. The lowest BCUT2D eigenvalue weighted by Crippen LogP contribution is -2.41. The Bertz CT molecular complexity index is 534. The molecule has 1 aliphatic heterocycles. The van der Waals surface area contributed by atoms with Gasteiger partial charge in [-0.2, -0.15) is 12.7 Å². The number of pyridine rings is 1. The second kappa shape index (κ2) is 5.64. The summed E-state index contributed by atoms with van der Waals surface area (Å²) in [6.07, 6.45) is 3.33. The molecule has 0 radical (unpaired) electrons. The number of nitrogens with one attached hydrogen (secondary N) is 1. The molecule has 1 saturated heterocycles. The van der Waals surface area contributed by atoms with E-state index in [2.05, 4.69) is 16.6 Å². The monoisotopic (exact) mass is 303 g/mol. The predicted octanol–water partition coefficient (Wildman–Crippen LogP) is 2.43. The summed E-state index contributed by atoms with van der Waals surface area (Å²) in [4.78, 5) is 3.90. The van der Waals surface area contributed by atoms with Crippen LogP contribution in [0.1, 0.15) is 25.3 Å². The van der Waals surface area contributed by atoms with E-state index < -0.39 is 10.2 Å². The van der Waals surface area contributed by atoms with Crippen LogP contribution in [0.4, 0.5) is 5.69 Å². The predicted molar refractivity (Wildman–Crippen MR) is 76.5 cm³/mol. The summed E-state index contributed by atoms with van der Waals surface area (Å²) < 4.78 is 28.6. The van der Waals surface area contributed by atoms with Gasteiger partial charge in [-0.05, 0) is 37.3 Å². The second-order valence-corrected chi connectivity index (χ2v) is 7.01. The zero-order chi connectivity index (χ0) is 14.0. The third-order valence-corrected chi connectivity index (χ3v) is 5.22. The number of rotatable bonds is 3. The normalized spacial score (nSPS) is 18.5. The van der Waals surface area contributed by atoms with Gasteiger partial charge in [-0.25, -0.2) is 4.98 Å². The Morgan fingerprint density at radius 2 is 2.05 bits per heavy atom. The molecule has 1 aliphatic rings. The molecule has 0 amide bonds. The number of aromatic nitrogens is 1. The summed E-state index contributed by atoms with van der Waals surface area (Å²) >= 11 is 5.94. The summed E-state index contributed by atoms with van der Waals surface area (Å²) in [6, 6.07) is 1.72. The van der Waals surface area contributed by atoms with Crippen LogP contribution in [0, 0.1) is 12.8 Å². The second-order valence-electron chi connectivity index (χ2n) is 4.98. The fourth-order valence-electron chi connectivity index (χ4n) is 2.07. The van der Waals surface area contributed by atoms with Crippen LogP contribution in [0.2, 0.25) is 5.15 Å². The van der Waals surface area contributed by atoms with Gasteiger partial charge in [0.05, 0.1) is 5.69 Å². The van der Waals surface area contributed by atoms with E-state index in [-0.39, 0.29) is 5.15 Å². The van der Waals surface area contributed by atoms with E-state index in [0.717, 1.165) is 18.4 Å². The maximum atomic E-state index is 12.3. The molecule has 0 aliphatic carbocycles. The molecule has 1 N–H and O–H groups in total. The third-order valence-electron chi connectivity index (χ3n) is 3.43. The molecule has 7 heteroatoms. The minimum Gasteiger partial charge on any atom is -0.268 e. The molecule has 0 unspecified atom stereocenters. The van der Waals surface area contributed by atoms with Crippen molar-refractivity contribution in [2.24, 2.45) is 5.92 Å². The molecule has 2 heterocycles. The molecule has 19 heavy (non-hydrogen) atoms. The van der Waals surface area contributed by atoms with Crippen LogP contribution in [-0.4, -0.2) is 30.8 Å². The Labute approximate surface area is 119 Å². The van der Waals surface area contributed by atoms with Gasteiger partial charge in [-0.3, -0.25) is 4.72 Å². The molecular weight excluding hydrogens is 286 g/mol. The van der Waals surface area contributed by atoms with Crippen molar-refractivity contribution in [3.05, 3.63) is 23.0 Å². The van der Waals surface area contributed by atoms with Crippen molar-refractivity contribution in [1.29, 1.82) is 0 Å². The highest BCUT2D eigenvalue weighted by Crippen LogP contribution is 2.26. The lowest BCUT2D eigenvalue weighted by molar-refractivity contribution is 0.289. The van der Waals surface area contributed by atoms with Crippen molar-refractivity contribution in [2.45, 2.75) is 26.7 Å². The Balaban J connectivity index is 2.17. The third kappa shape index (κ3) is 3.38. The highest BCUT2D eigenvalue weighted by molar-refractivity contribution is 7.90. The molecule has 1 aromatic heterocycles. The zero-order valence-electron chi connectivity index (χ0n) is 11.1. The number of piperidine rings is 1. The average molecular weight is 304 g/mol. The quantitative estimate of drug-likeness (QED) is 0.872. The molecule has 0 spiro atoms. The number of nitrogens with zero attached hydrogens (tertiary/aromatic N) is 2. The number of halogens is 1. The van der Waals surface area contributed by atoms with E-state index in [4.69, 9.17) is 11.6 Å². The summed E-state index contributed by atoms with van der Waals surface area (Å²) in [5.74, 6) is 0.579. The molecular formula is C12H18ClN3O2S. The molecule has 2 rings (SSSR count). The highest BCUT2D eigenvalue weighted by atomic mass is 35.5. The van der Waals surface area contributed by atoms with E-state index in [9.17, 15) is 8.42 Å². The highest BCUT2D eigenvalue weighted by Gasteiger charge is 2.27. The lowest BCUT2D eigenvalue weighted by atomic mass is 10.0. The van der Waals surface area contributed by atoms with Crippen molar-refractivity contribution < 1.29 is 8.42 Å². The summed E-state index contributed by atoms with van der Waals surface area (Å²) in [6.45, 7) is 5.03. The zero-order valence-corrected chi connectivity index (χ0v) is 12.6. The van der Waals surface area contributed by atoms with Gasteiger partial charge < -0.3 is 0 Å². The Morgan fingerprint density at radius 1 is 1.42 bits per heavy atom. The fraction of sp³-hybridized carbons (Fsp3) is 0.583. The van der Waals surface area contributed by atoms with Crippen LogP contribution in [-0.2, 0) is 10.2 Å². The minimum atomic E-state index is -3.55. The van der Waals surface area contributed by atoms with E-state index in [1.165, 1.54) is 4.31 Å². The Morgan fingerprint density at radius 3 is 2.63 bits per heavy atom. The van der Waals surface area contributed by atoms with Crippen molar-refractivity contribution in [2.75, 3.05) is 17.8 Å². The first kappa shape index (κ1) is 14.6. The number of hydrogen-bond acceptors (Lipinski definition) is 3. The van der Waals surface area contributed by atoms with Crippen molar-refractivity contribution in [1.82, 2.24) is 9.29 Å². The SMILES string of the molecule is Cc1ccnc(Cl)c1NS(=O)(=O)N1CCC(C)CC1. The standard InChI is InChI=1S/C12H18ClN3O2S/c1-9-4-7-16(8-5-9)19(17,18)15-11-10(2)3-6-14-12(11)13/h3,6,9,15H,4-5,7-8H2,1-2H3. The van der Waals surface area contributed by atoms with Crippen LogP contribution in [0.15, 0.2) is 12.3 Å². The van der Waals surface area contributed by atoms with Gasteiger partial charge in [-0.1, -0.05) is 18.5 Å². The average Bonchev–Trinajstić information content (AvgIpc) is 2.35. The van der Waals surface area contributed by atoms with Crippen LogP contribution in [0.25, 0.3) is 0 Å². The molecule has 0 bridgehead atoms. The van der Waals surface area contributed by atoms with Crippen molar-refractivity contribution in [3.63, 3.8) is 0 Å². The van der Waals surface area contributed by atoms with E-state index in [1.807, 2.05) is 0 Å². The van der Waals surface area contributed by atoms with Gasteiger partial charge >= 0.3 is 10.2 Å². The van der Waals surface area contributed by atoms with E-state index >= 15 is 0 Å². The molecule has 0 aromatic carbocycles. The van der Waals surface area contributed by atoms with E-state index in [0.29, 0.717) is 24.7 Å². The van der Waals surface area contributed by atoms with Crippen LogP contribution in [0.3, 0.4) is 0 Å². The fourth-order valence-corrected chi connectivity index (χ4v) is 3.71. The van der Waals surface area contributed by atoms with Gasteiger partial charge in [0.15, 0.2) is 5.15 Å². The number of anilines is 1. The van der Waals surface area contributed by atoms with Crippen LogP contribution < -0.4 is 4.72 Å². The van der Waals surface area contributed by atoms with Crippen molar-refractivity contribution >= 4 is 27.5 Å². The van der Waals surface area contributed by atoms with Crippen LogP contribution in [0.5, 0.6) is 0 Å². The Kier molecular flexibility index (Phi) is 4.32. The Hall–Kier alpha value is -0.850. The molecule has 1 aromatic rings. The summed E-state index contributed by atoms with van der Waals surface area (Å²) in [5, 5.41) is 0.175. The van der Waals surface area contributed by atoms with Gasteiger partial charge in [0, 0.05) is 19.3 Å². The van der Waals surface area contributed by atoms with Gasteiger partial charge in [0.1, 0.15) is 0 Å². The smallest absolute Gasteiger partial charge is 0.268 e. The van der Waals surface area contributed by atoms with Crippen LogP contribution >= 0.6 is 11.6 Å². The first-order valence-corrected chi connectivity index (χ1v) is 8.11. The van der Waals surface area contributed by atoms with Gasteiger partial charge in [-0.15, -0.1) is 0 Å².